The van der Waals surface area contributed by atoms with E-state index in [9.17, 15) is 18.0 Å². The molecule has 1 amide bonds. The molecule has 1 heterocycles. The van der Waals surface area contributed by atoms with Gasteiger partial charge in [0, 0.05) is 31.5 Å². The summed E-state index contributed by atoms with van der Waals surface area (Å²) in [5, 5.41) is 16.1. The molecule has 0 saturated heterocycles. The van der Waals surface area contributed by atoms with E-state index in [-0.39, 0.29) is 18.1 Å². The van der Waals surface area contributed by atoms with Crippen LogP contribution >= 0.6 is 0 Å². The molecule has 192 valence electrons. The second kappa shape index (κ2) is 13.1. The number of aryl methyl sites for hydroxylation is 1. The van der Waals surface area contributed by atoms with Gasteiger partial charge in [-0.2, -0.15) is 13.2 Å². The number of hydrazine groups is 1. The van der Waals surface area contributed by atoms with Crippen LogP contribution in [0.2, 0.25) is 0 Å². The molecule has 0 atom stereocenters. The number of halogens is 3. The summed E-state index contributed by atoms with van der Waals surface area (Å²) >= 11 is 0. The van der Waals surface area contributed by atoms with Gasteiger partial charge in [-0.05, 0) is 55.5 Å². The van der Waals surface area contributed by atoms with Crippen molar-refractivity contribution >= 4 is 11.7 Å². The molecular weight excluding hydrogens is 461 g/mol. The van der Waals surface area contributed by atoms with E-state index in [2.05, 4.69) is 15.4 Å². The monoisotopic (exact) mass is 494 g/mol. The molecule has 1 aromatic carbocycles. The van der Waals surface area contributed by atoms with Crippen molar-refractivity contribution in [3.05, 3.63) is 64.5 Å². The van der Waals surface area contributed by atoms with E-state index in [0.29, 0.717) is 29.3 Å². The molecule has 1 saturated carbocycles. The predicted molar refractivity (Wildman–Crippen MR) is 128 cm³/mol. The number of aliphatic hydroxyl groups is 1. The number of aromatic nitrogens is 1. The first kappa shape index (κ1) is 28.1. The summed E-state index contributed by atoms with van der Waals surface area (Å²) in [6.45, 7) is 2.01. The van der Waals surface area contributed by atoms with Gasteiger partial charge in [-0.15, -0.1) is 5.10 Å². The Bertz CT molecular complexity index is 1000. The maximum absolute atomic E-state index is 12.8. The van der Waals surface area contributed by atoms with Crippen molar-refractivity contribution in [3.63, 3.8) is 0 Å². The molecule has 0 bridgehead atoms. The molecule has 2 aromatic rings. The Hall–Kier alpha value is -3.18. The lowest BCUT2D eigenvalue weighted by Gasteiger charge is -2.18. The number of benzene rings is 1. The molecule has 1 fully saturated rings. The number of pyridine rings is 1. The van der Waals surface area contributed by atoms with Gasteiger partial charge in [0.15, 0.2) is 5.84 Å². The lowest BCUT2D eigenvalue weighted by molar-refractivity contribution is -0.137. The number of nitrogens with one attached hydrogen (secondary N) is 1. The van der Waals surface area contributed by atoms with Crippen molar-refractivity contribution in [1.29, 1.82) is 0 Å². The third kappa shape index (κ3) is 9.53. The highest BCUT2D eigenvalue weighted by Gasteiger charge is 2.30. The molecule has 1 aromatic heterocycles. The molecule has 1 aliphatic carbocycles. The highest BCUT2D eigenvalue weighted by Crippen LogP contribution is 2.29. The van der Waals surface area contributed by atoms with E-state index in [1.165, 1.54) is 57.4 Å². The standard InChI is InChI=1S/C17H19F3N6O.C7H14O/c1-10-6-12(15(21)25-26(2)22)8-14(24-10)16(27)23-9-11-4-3-5-13(7-11)17(18,19)20;8-6-7-4-2-1-3-5-7/h3-8H,9,22H2,1-2H3,(H2,21,25)(H,23,27);7-8H,1-6H2. The molecule has 8 nitrogen and oxygen atoms in total. The summed E-state index contributed by atoms with van der Waals surface area (Å²) in [6, 6.07) is 7.79. The number of nitrogens with two attached hydrogens (primary N) is 2. The number of carbonyl (C=O) groups is 1. The Balaban J connectivity index is 0.000000456. The number of hydrazone groups is 1. The first-order valence-corrected chi connectivity index (χ1v) is 11.4. The van der Waals surface area contributed by atoms with Crippen molar-refractivity contribution < 1.29 is 23.1 Å². The van der Waals surface area contributed by atoms with Gasteiger partial charge >= 0.3 is 6.18 Å². The highest BCUT2D eigenvalue weighted by molar-refractivity contribution is 6.00. The van der Waals surface area contributed by atoms with E-state index < -0.39 is 17.6 Å². The predicted octanol–water partition coefficient (Wildman–Crippen LogP) is 3.32. The van der Waals surface area contributed by atoms with Gasteiger partial charge in [0.05, 0.1) is 5.56 Å². The van der Waals surface area contributed by atoms with Crippen molar-refractivity contribution in [2.75, 3.05) is 13.7 Å². The van der Waals surface area contributed by atoms with E-state index >= 15 is 0 Å². The first-order valence-electron chi connectivity index (χ1n) is 11.4. The molecule has 1 aliphatic rings. The first-order chi connectivity index (χ1) is 16.5. The number of amides is 1. The summed E-state index contributed by atoms with van der Waals surface area (Å²) in [5.74, 6) is 5.60. The van der Waals surface area contributed by atoms with Gasteiger partial charge in [-0.1, -0.05) is 31.4 Å². The van der Waals surface area contributed by atoms with Crippen LogP contribution in [0.3, 0.4) is 0 Å². The Morgan fingerprint density at radius 1 is 1.23 bits per heavy atom. The molecule has 0 radical (unpaired) electrons. The average molecular weight is 495 g/mol. The molecule has 11 heteroatoms. The zero-order chi connectivity index (χ0) is 26.0. The molecule has 0 spiro atoms. The van der Waals surface area contributed by atoms with Crippen LogP contribution in [0.4, 0.5) is 13.2 Å². The van der Waals surface area contributed by atoms with Crippen molar-refractivity contribution in [2.45, 2.75) is 51.7 Å². The maximum atomic E-state index is 12.8. The number of hydrogen-bond acceptors (Lipinski definition) is 6. The van der Waals surface area contributed by atoms with Gasteiger partial charge in [-0.3, -0.25) is 4.79 Å². The maximum Gasteiger partial charge on any atom is 0.416 e. The van der Waals surface area contributed by atoms with Crippen LogP contribution in [0.5, 0.6) is 0 Å². The molecule has 6 N–H and O–H groups in total. The van der Waals surface area contributed by atoms with E-state index in [1.807, 2.05) is 0 Å². The SMILES string of the molecule is Cc1cc(/C(N)=N/N(C)N)cc(C(=O)NCc2cccc(C(F)(F)F)c2)n1.OCC1CCCCC1. The normalized spacial score (nSPS) is 14.7. The Morgan fingerprint density at radius 3 is 2.49 bits per heavy atom. The fourth-order valence-electron chi connectivity index (χ4n) is 3.66. The second-order valence-corrected chi connectivity index (χ2v) is 8.51. The van der Waals surface area contributed by atoms with Crippen molar-refractivity contribution in [1.82, 2.24) is 15.4 Å². The smallest absolute Gasteiger partial charge is 0.396 e. The number of hydrogen-bond donors (Lipinski definition) is 4. The minimum absolute atomic E-state index is 0.0646. The summed E-state index contributed by atoms with van der Waals surface area (Å²) in [5.41, 5.74) is 6.39. The van der Waals surface area contributed by atoms with Gasteiger partial charge < -0.3 is 16.2 Å². The van der Waals surface area contributed by atoms with Crippen LogP contribution in [-0.2, 0) is 12.7 Å². The summed E-state index contributed by atoms with van der Waals surface area (Å²) in [6.07, 6.45) is 2.14. The largest absolute Gasteiger partial charge is 0.416 e. The average Bonchev–Trinajstić information content (AvgIpc) is 2.82. The molecule has 3 rings (SSSR count). The highest BCUT2D eigenvalue weighted by atomic mass is 19.4. The molecule has 0 unspecified atom stereocenters. The van der Waals surface area contributed by atoms with E-state index in [1.54, 1.807) is 13.0 Å². The molecule has 0 aliphatic heterocycles. The topological polar surface area (TPSA) is 130 Å². The Kier molecular flexibility index (Phi) is 10.5. The number of nitrogens with zero attached hydrogens (tertiary/aromatic N) is 3. The minimum Gasteiger partial charge on any atom is -0.396 e. The zero-order valence-corrected chi connectivity index (χ0v) is 20.0. The third-order valence-corrected chi connectivity index (χ3v) is 5.44. The number of aliphatic hydroxyl groups excluding tert-OH is 1. The van der Waals surface area contributed by atoms with Crippen LogP contribution in [-0.4, -0.2) is 40.6 Å². The van der Waals surface area contributed by atoms with Crippen LogP contribution < -0.4 is 16.9 Å². The van der Waals surface area contributed by atoms with Crippen LogP contribution in [0.25, 0.3) is 0 Å². The van der Waals surface area contributed by atoms with Gasteiger partial charge in [0.25, 0.3) is 5.91 Å². The Labute approximate surface area is 203 Å². The van der Waals surface area contributed by atoms with Crippen molar-refractivity contribution in [3.8, 4) is 0 Å². The van der Waals surface area contributed by atoms with E-state index in [4.69, 9.17) is 16.7 Å². The summed E-state index contributed by atoms with van der Waals surface area (Å²) < 4.78 is 38.3. The number of carbonyl (C=O) groups excluding carboxylic acids is 1. The van der Waals surface area contributed by atoms with E-state index in [0.717, 1.165) is 17.3 Å². The van der Waals surface area contributed by atoms with Crippen molar-refractivity contribution in [2.24, 2.45) is 22.6 Å². The molecule has 35 heavy (non-hydrogen) atoms. The summed E-state index contributed by atoms with van der Waals surface area (Å²) in [4.78, 5) is 16.5. The Morgan fingerprint density at radius 2 is 1.91 bits per heavy atom. The fraction of sp³-hybridized carbons (Fsp3) is 0.458. The quantitative estimate of drug-likeness (QED) is 0.211. The second-order valence-electron chi connectivity index (χ2n) is 8.51. The van der Waals surface area contributed by atoms with Gasteiger partial charge in [0.1, 0.15) is 5.69 Å². The third-order valence-electron chi connectivity index (χ3n) is 5.44. The number of rotatable bonds is 6. The van der Waals surface area contributed by atoms with Crippen LogP contribution in [0.15, 0.2) is 41.5 Å². The number of amidine groups is 1. The zero-order valence-electron chi connectivity index (χ0n) is 20.0. The van der Waals surface area contributed by atoms with Crippen LogP contribution in [0, 0.1) is 12.8 Å². The lowest BCUT2D eigenvalue weighted by Crippen LogP contribution is -2.27. The molecular formula is C24H33F3N6O2. The fourth-order valence-corrected chi connectivity index (χ4v) is 3.66. The minimum atomic E-state index is -4.44. The summed E-state index contributed by atoms with van der Waals surface area (Å²) in [7, 11) is 1.49. The lowest BCUT2D eigenvalue weighted by atomic mass is 9.90. The van der Waals surface area contributed by atoms with Gasteiger partial charge in [0.2, 0.25) is 0 Å². The number of alkyl halides is 3. The van der Waals surface area contributed by atoms with Crippen LogP contribution in [0.1, 0.15) is 65.0 Å². The van der Waals surface area contributed by atoms with Gasteiger partial charge in [-0.25, -0.2) is 15.9 Å².